The van der Waals surface area contributed by atoms with Gasteiger partial charge in [0.1, 0.15) is 23.7 Å². The number of benzene rings is 3. The number of esters is 1. The molecule has 0 aliphatic heterocycles. The number of carbonyl (C=O) groups is 1. The highest BCUT2D eigenvalue weighted by Gasteiger charge is 2.20. The number of phenolic OH excluding ortho intramolecular Hbond substituents is 1. The number of anilines is 1. The van der Waals surface area contributed by atoms with E-state index in [0.717, 1.165) is 0 Å². The smallest absolute Gasteiger partial charge is 0.340 e. The van der Waals surface area contributed by atoms with Gasteiger partial charge < -0.3 is 19.0 Å². The van der Waals surface area contributed by atoms with Crippen LogP contribution in [0.15, 0.2) is 86.9 Å². The van der Waals surface area contributed by atoms with Crippen LogP contribution in [0.2, 0.25) is 0 Å². The van der Waals surface area contributed by atoms with Crippen molar-refractivity contribution in [1.29, 1.82) is 0 Å². The van der Waals surface area contributed by atoms with Crippen LogP contribution in [0.5, 0.6) is 11.5 Å². The van der Waals surface area contributed by atoms with Crippen LogP contribution in [0, 0.1) is 0 Å². The molecular weight excluding hydrogens is 474 g/mol. The second kappa shape index (κ2) is 9.90. The third-order valence-electron chi connectivity index (χ3n) is 5.01. The van der Waals surface area contributed by atoms with Gasteiger partial charge in [-0.05, 0) is 55.5 Å². The average molecular weight is 496 g/mol. The summed E-state index contributed by atoms with van der Waals surface area (Å²) in [6.07, 6.45) is 0. The summed E-state index contributed by atoms with van der Waals surface area (Å²) in [5, 5.41) is 10.1. The Hall–Kier alpha value is -4.31. The van der Waals surface area contributed by atoms with Crippen LogP contribution < -0.4 is 15.1 Å². The number of fused-ring (bicyclic) bond motifs is 1. The first-order valence-corrected chi connectivity index (χ1v) is 12.0. The Labute approximate surface area is 200 Å². The first-order chi connectivity index (χ1) is 16.8. The average Bonchev–Trinajstić information content (AvgIpc) is 2.82. The van der Waals surface area contributed by atoms with Gasteiger partial charge in [-0.2, -0.15) is 0 Å². The Balaban J connectivity index is 1.55. The van der Waals surface area contributed by atoms with E-state index in [1.54, 1.807) is 24.3 Å². The molecule has 3 aromatic carbocycles. The van der Waals surface area contributed by atoms with E-state index >= 15 is 0 Å². The minimum absolute atomic E-state index is 0.00476. The second-order valence-electron chi connectivity index (χ2n) is 7.40. The SMILES string of the molecule is CCOc1ccc(S(=O)(=O)Nc2ccccc2C(=O)OCc2cc(=O)oc3cc(O)ccc23)cc1. The van der Waals surface area contributed by atoms with Crippen molar-refractivity contribution in [2.75, 3.05) is 11.3 Å². The molecule has 0 fully saturated rings. The number of para-hydroxylation sites is 1. The Morgan fingerprint density at radius 2 is 1.77 bits per heavy atom. The number of phenols is 1. The maximum atomic E-state index is 12.9. The summed E-state index contributed by atoms with van der Waals surface area (Å²) in [4.78, 5) is 24.7. The molecule has 0 saturated carbocycles. The zero-order valence-corrected chi connectivity index (χ0v) is 19.4. The van der Waals surface area contributed by atoms with Gasteiger partial charge in [0, 0.05) is 23.1 Å². The van der Waals surface area contributed by atoms with E-state index in [4.69, 9.17) is 13.9 Å². The van der Waals surface area contributed by atoms with Crippen molar-refractivity contribution in [2.24, 2.45) is 0 Å². The van der Waals surface area contributed by atoms with Crippen molar-refractivity contribution in [2.45, 2.75) is 18.4 Å². The topological polar surface area (TPSA) is 132 Å². The minimum Gasteiger partial charge on any atom is -0.508 e. The number of ether oxygens (including phenoxy) is 2. The fourth-order valence-electron chi connectivity index (χ4n) is 3.39. The monoisotopic (exact) mass is 495 g/mol. The molecule has 2 N–H and O–H groups in total. The van der Waals surface area contributed by atoms with Crippen molar-refractivity contribution in [3.05, 3.63) is 94.3 Å². The zero-order chi connectivity index (χ0) is 25.0. The fourth-order valence-corrected chi connectivity index (χ4v) is 4.47. The van der Waals surface area contributed by atoms with E-state index in [1.165, 1.54) is 48.5 Å². The van der Waals surface area contributed by atoms with Gasteiger partial charge in [0.2, 0.25) is 0 Å². The van der Waals surface area contributed by atoms with Crippen LogP contribution in [0.1, 0.15) is 22.8 Å². The summed E-state index contributed by atoms with van der Waals surface area (Å²) in [5.41, 5.74) is -0.123. The Kier molecular flexibility index (Phi) is 6.74. The molecule has 10 heteroatoms. The molecule has 0 amide bonds. The fraction of sp³-hybridized carbons (Fsp3) is 0.120. The molecule has 0 aliphatic rings. The summed E-state index contributed by atoms with van der Waals surface area (Å²) >= 11 is 0. The normalized spacial score (nSPS) is 11.2. The zero-order valence-electron chi connectivity index (χ0n) is 18.6. The molecule has 0 atom stereocenters. The third kappa shape index (κ3) is 5.44. The summed E-state index contributed by atoms with van der Waals surface area (Å²) < 4.78 is 43.9. The molecule has 35 heavy (non-hydrogen) atoms. The standard InChI is InChI=1S/C25H21NO8S/c1-2-32-18-8-10-19(11-9-18)35(30,31)26-22-6-4-3-5-21(22)25(29)33-15-16-13-24(28)34-23-14-17(27)7-12-20(16)23/h3-14,26-27H,2,15H2,1H3. The van der Waals surface area contributed by atoms with Gasteiger partial charge in [-0.1, -0.05) is 12.1 Å². The molecular formula is C25H21NO8S. The van der Waals surface area contributed by atoms with Crippen LogP contribution in [-0.4, -0.2) is 26.1 Å². The number of hydrogen-bond donors (Lipinski definition) is 2. The predicted molar refractivity (Wildman–Crippen MR) is 128 cm³/mol. The summed E-state index contributed by atoms with van der Waals surface area (Å²) in [5.74, 6) is -0.341. The lowest BCUT2D eigenvalue weighted by Gasteiger charge is -2.13. The van der Waals surface area contributed by atoms with Crippen LogP contribution >= 0.6 is 0 Å². The van der Waals surface area contributed by atoms with E-state index in [0.29, 0.717) is 23.3 Å². The van der Waals surface area contributed by atoms with E-state index < -0.39 is 21.6 Å². The number of nitrogens with one attached hydrogen (secondary N) is 1. The van der Waals surface area contributed by atoms with Gasteiger partial charge >= 0.3 is 11.6 Å². The summed E-state index contributed by atoms with van der Waals surface area (Å²) in [6.45, 7) is 2.00. The number of aromatic hydroxyl groups is 1. The van der Waals surface area contributed by atoms with Crippen molar-refractivity contribution in [3.8, 4) is 11.5 Å². The van der Waals surface area contributed by atoms with Gasteiger partial charge in [0.25, 0.3) is 10.0 Å². The number of rotatable bonds is 8. The summed E-state index contributed by atoms with van der Waals surface area (Å²) in [6, 6.07) is 17.3. The molecule has 1 aromatic heterocycles. The second-order valence-corrected chi connectivity index (χ2v) is 9.09. The number of hydrogen-bond acceptors (Lipinski definition) is 8. The molecule has 180 valence electrons. The first kappa shape index (κ1) is 23.8. The highest BCUT2D eigenvalue weighted by molar-refractivity contribution is 7.92. The van der Waals surface area contributed by atoms with Crippen molar-refractivity contribution in [1.82, 2.24) is 0 Å². The van der Waals surface area contributed by atoms with E-state index in [9.17, 15) is 23.1 Å². The predicted octanol–water partition coefficient (Wildman–Crippen LogP) is 4.06. The Bertz CT molecular complexity index is 1540. The molecule has 0 radical (unpaired) electrons. The molecule has 0 aliphatic carbocycles. The van der Waals surface area contributed by atoms with Crippen molar-refractivity contribution >= 4 is 32.6 Å². The molecule has 0 unspecified atom stereocenters. The first-order valence-electron chi connectivity index (χ1n) is 10.5. The van der Waals surface area contributed by atoms with E-state index in [1.807, 2.05) is 6.92 Å². The van der Waals surface area contributed by atoms with E-state index in [-0.39, 0.29) is 34.1 Å². The van der Waals surface area contributed by atoms with Crippen LogP contribution in [0.4, 0.5) is 5.69 Å². The van der Waals surface area contributed by atoms with Crippen molar-refractivity contribution in [3.63, 3.8) is 0 Å². The Morgan fingerprint density at radius 1 is 1.03 bits per heavy atom. The third-order valence-corrected chi connectivity index (χ3v) is 6.39. The minimum atomic E-state index is -4.00. The quantitative estimate of drug-likeness (QED) is 0.276. The maximum absolute atomic E-state index is 12.9. The molecule has 0 spiro atoms. The highest BCUT2D eigenvalue weighted by Crippen LogP contribution is 2.25. The maximum Gasteiger partial charge on any atom is 0.340 e. The largest absolute Gasteiger partial charge is 0.508 e. The van der Waals surface area contributed by atoms with Crippen LogP contribution in [0.3, 0.4) is 0 Å². The molecule has 4 rings (SSSR count). The van der Waals surface area contributed by atoms with Crippen molar-refractivity contribution < 1.29 is 32.2 Å². The summed E-state index contributed by atoms with van der Waals surface area (Å²) in [7, 11) is -4.00. The molecule has 0 bridgehead atoms. The van der Waals surface area contributed by atoms with Gasteiger partial charge in [0.15, 0.2) is 0 Å². The van der Waals surface area contributed by atoms with Gasteiger partial charge in [-0.15, -0.1) is 0 Å². The lowest BCUT2D eigenvalue weighted by Crippen LogP contribution is -2.16. The van der Waals surface area contributed by atoms with Crippen LogP contribution in [-0.2, 0) is 21.4 Å². The Morgan fingerprint density at radius 3 is 2.51 bits per heavy atom. The lowest BCUT2D eigenvalue weighted by molar-refractivity contribution is 0.0475. The number of sulfonamides is 1. The molecule has 9 nitrogen and oxygen atoms in total. The number of carbonyl (C=O) groups excluding carboxylic acids is 1. The van der Waals surface area contributed by atoms with E-state index in [2.05, 4.69) is 4.72 Å². The highest BCUT2D eigenvalue weighted by atomic mass is 32.2. The van der Waals surface area contributed by atoms with Gasteiger partial charge in [-0.3, -0.25) is 4.72 Å². The van der Waals surface area contributed by atoms with Gasteiger partial charge in [0.05, 0.1) is 22.8 Å². The van der Waals surface area contributed by atoms with Gasteiger partial charge in [-0.25, -0.2) is 18.0 Å². The lowest BCUT2D eigenvalue weighted by atomic mass is 10.1. The molecule has 1 heterocycles. The van der Waals surface area contributed by atoms with Crippen LogP contribution in [0.25, 0.3) is 11.0 Å². The molecule has 0 saturated heterocycles. The molecule has 4 aromatic rings.